The highest BCUT2D eigenvalue weighted by Crippen LogP contribution is 2.31. The molecule has 1 aromatic heterocycles. The van der Waals surface area contributed by atoms with Crippen LogP contribution >= 0.6 is 11.6 Å². The van der Waals surface area contributed by atoms with Crippen molar-refractivity contribution in [2.75, 3.05) is 10.5 Å². The molecule has 0 spiro atoms. The zero-order chi connectivity index (χ0) is 22.2. The van der Waals surface area contributed by atoms with Gasteiger partial charge in [-0.1, -0.05) is 29.8 Å². The molecule has 0 aliphatic carbocycles. The van der Waals surface area contributed by atoms with Gasteiger partial charge in [-0.2, -0.15) is 8.42 Å². The Kier molecular flexibility index (Phi) is 6.23. The molecule has 0 bridgehead atoms. The topological polar surface area (TPSA) is 106 Å². The van der Waals surface area contributed by atoms with Crippen LogP contribution in [0.3, 0.4) is 0 Å². The minimum atomic E-state index is -4.04. The highest BCUT2D eigenvalue weighted by atomic mass is 35.5. The Morgan fingerprint density at radius 2 is 2.00 bits per heavy atom. The van der Waals surface area contributed by atoms with Gasteiger partial charge in [0.15, 0.2) is 4.90 Å². The van der Waals surface area contributed by atoms with E-state index in [9.17, 15) is 13.0 Å². The first-order valence-electron chi connectivity index (χ1n) is 9.65. The summed E-state index contributed by atoms with van der Waals surface area (Å²) < 4.78 is 46.9. The molecular formula is C21H22ClN3O4S2. The van der Waals surface area contributed by atoms with Crippen LogP contribution in [-0.4, -0.2) is 24.8 Å². The lowest BCUT2D eigenvalue weighted by Gasteiger charge is -2.16. The largest absolute Gasteiger partial charge is 0.611 e. The fourth-order valence-corrected chi connectivity index (χ4v) is 5.97. The molecule has 2 unspecified atom stereocenters. The molecule has 1 aliphatic rings. The average Bonchev–Trinajstić information content (AvgIpc) is 3.30. The molecule has 3 N–H and O–H groups in total. The molecule has 2 aromatic carbocycles. The van der Waals surface area contributed by atoms with E-state index in [1.807, 2.05) is 13.8 Å². The summed E-state index contributed by atoms with van der Waals surface area (Å²) >= 11 is 4.66. The summed E-state index contributed by atoms with van der Waals surface area (Å²) in [6.07, 6.45) is 0.609. The van der Waals surface area contributed by atoms with E-state index in [0.29, 0.717) is 33.1 Å². The molecule has 31 heavy (non-hydrogen) atoms. The van der Waals surface area contributed by atoms with Crippen molar-refractivity contribution in [3.8, 4) is 0 Å². The first-order valence-corrected chi connectivity index (χ1v) is 12.8. The normalized spacial score (nSPS) is 17.7. The standard InChI is InChI=1S/C21H22ClN3O4S2/c1-13-17(14(2)24-23-13)9-10-30(26)20-8-7-16(22)12-18(20)25-31(27,28)21-11-15-5-3-4-6-19(15)29-21/h3-8,11-13,23-25H,9-10H2,1-2H3. The van der Waals surface area contributed by atoms with Crippen LogP contribution < -0.4 is 15.6 Å². The van der Waals surface area contributed by atoms with Crippen molar-refractivity contribution >= 4 is 49.5 Å². The van der Waals surface area contributed by atoms with Gasteiger partial charge in [0, 0.05) is 34.6 Å². The quantitative estimate of drug-likeness (QED) is 0.439. The molecule has 1 aliphatic heterocycles. The van der Waals surface area contributed by atoms with Crippen molar-refractivity contribution in [3.63, 3.8) is 0 Å². The maximum Gasteiger partial charge on any atom is 0.295 e. The SMILES string of the molecule is CC1=C(CC[S+]([O-])c2ccc(Cl)cc2NS(=O)(=O)c2cc3ccccc3o2)C(C)NN1. The second-order valence-electron chi connectivity index (χ2n) is 7.29. The highest BCUT2D eigenvalue weighted by molar-refractivity contribution is 7.93. The number of allylic oxidation sites excluding steroid dienone is 1. The monoisotopic (exact) mass is 479 g/mol. The van der Waals surface area contributed by atoms with Gasteiger partial charge in [0.05, 0.1) is 0 Å². The van der Waals surface area contributed by atoms with Gasteiger partial charge in [-0.15, -0.1) is 0 Å². The third kappa shape index (κ3) is 4.70. The van der Waals surface area contributed by atoms with E-state index in [-0.39, 0.29) is 16.8 Å². The van der Waals surface area contributed by atoms with Gasteiger partial charge in [0.25, 0.3) is 10.0 Å². The Bertz CT molecular complexity index is 1220. The van der Waals surface area contributed by atoms with Crippen molar-refractivity contribution in [1.82, 2.24) is 10.9 Å². The van der Waals surface area contributed by atoms with Gasteiger partial charge < -0.3 is 14.4 Å². The van der Waals surface area contributed by atoms with E-state index in [0.717, 1.165) is 11.3 Å². The second kappa shape index (κ2) is 8.76. The molecular weight excluding hydrogens is 458 g/mol. The number of fused-ring (bicyclic) bond motifs is 1. The van der Waals surface area contributed by atoms with Crippen LogP contribution in [0.2, 0.25) is 5.02 Å². The average molecular weight is 480 g/mol. The molecule has 0 radical (unpaired) electrons. The van der Waals surface area contributed by atoms with Crippen LogP contribution in [0, 0.1) is 0 Å². The number of hydrogen-bond acceptors (Lipinski definition) is 6. The molecule has 0 saturated heterocycles. The molecule has 3 aromatic rings. The smallest absolute Gasteiger partial charge is 0.295 e. The number of hydrazine groups is 1. The molecule has 7 nitrogen and oxygen atoms in total. The van der Waals surface area contributed by atoms with Gasteiger partial charge in [0.1, 0.15) is 17.0 Å². The van der Waals surface area contributed by atoms with Gasteiger partial charge in [-0.3, -0.25) is 4.72 Å². The predicted octanol–water partition coefficient (Wildman–Crippen LogP) is 4.16. The third-order valence-electron chi connectivity index (χ3n) is 5.14. The summed E-state index contributed by atoms with van der Waals surface area (Å²) in [5.74, 6) is 0.349. The van der Waals surface area contributed by atoms with E-state index >= 15 is 0 Å². The van der Waals surface area contributed by atoms with Crippen LogP contribution in [0.15, 0.2) is 74.2 Å². The fourth-order valence-electron chi connectivity index (χ4n) is 3.49. The van der Waals surface area contributed by atoms with Gasteiger partial charge >= 0.3 is 0 Å². The maximum absolute atomic E-state index is 13.1. The number of rotatable bonds is 7. The molecule has 10 heteroatoms. The Hall–Kier alpha value is -2.17. The zero-order valence-corrected chi connectivity index (χ0v) is 19.3. The highest BCUT2D eigenvalue weighted by Gasteiger charge is 2.26. The molecule has 2 heterocycles. The lowest BCUT2D eigenvalue weighted by molar-refractivity contribution is 0.484. The van der Waals surface area contributed by atoms with Crippen molar-refractivity contribution in [3.05, 3.63) is 64.8 Å². The number of sulfonamides is 1. The van der Waals surface area contributed by atoms with Crippen LogP contribution in [-0.2, 0) is 21.2 Å². The maximum atomic E-state index is 13.1. The van der Waals surface area contributed by atoms with Gasteiger partial charge in [-0.05, 0) is 54.9 Å². The zero-order valence-electron chi connectivity index (χ0n) is 16.9. The van der Waals surface area contributed by atoms with Crippen molar-refractivity contribution in [2.24, 2.45) is 0 Å². The summed E-state index contributed by atoms with van der Waals surface area (Å²) in [6.45, 7) is 3.99. The van der Waals surface area contributed by atoms with Crippen LogP contribution in [0.1, 0.15) is 20.3 Å². The molecule has 2 atom stereocenters. The Balaban J connectivity index is 1.58. The second-order valence-corrected chi connectivity index (χ2v) is 10.9. The fraction of sp³-hybridized carbons (Fsp3) is 0.238. The summed E-state index contributed by atoms with van der Waals surface area (Å²) in [6, 6.07) is 13.3. The molecule has 0 saturated carbocycles. The summed E-state index contributed by atoms with van der Waals surface area (Å²) in [5, 5.41) is 0.789. The van der Waals surface area contributed by atoms with E-state index in [1.165, 1.54) is 12.1 Å². The minimum absolute atomic E-state index is 0.147. The van der Waals surface area contributed by atoms with Crippen LogP contribution in [0.4, 0.5) is 5.69 Å². The lowest BCUT2D eigenvalue weighted by Crippen LogP contribution is -2.30. The molecule has 0 fully saturated rings. The van der Waals surface area contributed by atoms with Gasteiger partial charge in [-0.25, -0.2) is 5.43 Å². The minimum Gasteiger partial charge on any atom is -0.611 e. The first-order chi connectivity index (χ1) is 14.7. The predicted molar refractivity (Wildman–Crippen MR) is 123 cm³/mol. The summed E-state index contributed by atoms with van der Waals surface area (Å²) in [7, 11) is -4.04. The third-order valence-corrected chi connectivity index (χ3v) is 8.01. The number of furan rings is 1. The van der Waals surface area contributed by atoms with Crippen LogP contribution in [0.25, 0.3) is 11.0 Å². The molecule has 4 rings (SSSR count). The van der Waals surface area contributed by atoms with Crippen LogP contribution in [0.5, 0.6) is 0 Å². The van der Waals surface area contributed by atoms with Crippen molar-refractivity contribution < 1.29 is 17.4 Å². The van der Waals surface area contributed by atoms with Gasteiger partial charge in [0.2, 0.25) is 5.09 Å². The van der Waals surface area contributed by atoms with Crippen molar-refractivity contribution in [2.45, 2.75) is 36.3 Å². The number of anilines is 1. The van der Waals surface area contributed by atoms with E-state index in [2.05, 4.69) is 15.6 Å². The number of hydrogen-bond donors (Lipinski definition) is 3. The number of nitrogens with one attached hydrogen (secondary N) is 3. The Morgan fingerprint density at radius 3 is 2.71 bits per heavy atom. The van der Waals surface area contributed by atoms with E-state index < -0.39 is 21.2 Å². The van der Waals surface area contributed by atoms with E-state index in [4.69, 9.17) is 16.0 Å². The van der Waals surface area contributed by atoms with Crippen molar-refractivity contribution in [1.29, 1.82) is 0 Å². The Labute approximate surface area is 189 Å². The number of halogens is 1. The summed E-state index contributed by atoms with van der Waals surface area (Å²) in [4.78, 5) is 0.369. The number of benzene rings is 2. The Morgan fingerprint density at radius 1 is 1.23 bits per heavy atom. The molecule has 164 valence electrons. The first kappa shape index (κ1) is 22.0. The molecule has 0 amide bonds. The summed E-state index contributed by atoms with van der Waals surface area (Å²) in [5.41, 5.74) is 9.00. The number of para-hydroxylation sites is 1. The van der Waals surface area contributed by atoms with E-state index in [1.54, 1.807) is 36.4 Å². The lowest BCUT2D eigenvalue weighted by atomic mass is 10.1.